The average molecular weight is 231 g/mol. The summed E-state index contributed by atoms with van der Waals surface area (Å²) in [6.07, 6.45) is 5.47. The lowest BCUT2D eigenvalue weighted by Crippen LogP contribution is -2.19. The van der Waals surface area contributed by atoms with Gasteiger partial charge in [0.05, 0.1) is 5.69 Å². The number of aromatic nitrogens is 3. The van der Waals surface area contributed by atoms with Gasteiger partial charge in [-0.3, -0.25) is 4.68 Å². The maximum Gasteiger partial charge on any atom is 0.0966 e. The van der Waals surface area contributed by atoms with Crippen LogP contribution in [0.3, 0.4) is 0 Å². The number of unbranched alkanes of at least 4 members (excludes halogenated alkanes) is 2. The highest BCUT2D eigenvalue weighted by molar-refractivity contribution is 6.17. The minimum absolute atomic E-state index is 0.772. The minimum atomic E-state index is 0.772. The van der Waals surface area contributed by atoms with Crippen molar-refractivity contribution in [3.8, 4) is 0 Å². The van der Waals surface area contributed by atoms with Crippen LogP contribution in [0.15, 0.2) is 6.20 Å². The van der Waals surface area contributed by atoms with Crippen LogP contribution in [-0.2, 0) is 13.6 Å². The van der Waals surface area contributed by atoms with Gasteiger partial charge in [0.2, 0.25) is 0 Å². The van der Waals surface area contributed by atoms with Crippen LogP contribution in [0.4, 0.5) is 0 Å². The molecule has 15 heavy (non-hydrogen) atoms. The van der Waals surface area contributed by atoms with Crippen molar-refractivity contribution >= 4 is 11.6 Å². The summed E-state index contributed by atoms with van der Waals surface area (Å²) in [7, 11) is 3.99. The molecule has 0 amide bonds. The molecule has 0 aromatic carbocycles. The van der Waals surface area contributed by atoms with E-state index < -0.39 is 0 Å². The third kappa shape index (κ3) is 5.14. The van der Waals surface area contributed by atoms with Gasteiger partial charge in [-0.15, -0.1) is 16.7 Å². The lowest BCUT2D eigenvalue weighted by molar-refractivity contribution is 0.314. The van der Waals surface area contributed by atoms with E-state index in [2.05, 4.69) is 22.3 Å². The van der Waals surface area contributed by atoms with Gasteiger partial charge in [-0.1, -0.05) is 11.6 Å². The summed E-state index contributed by atoms with van der Waals surface area (Å²) in [4.78, 5) is 2.26. The summed E-state index contributed by atoms with van der Waals surface area (Å²) < 4.78 is 1.73. The van der Waals surface area contributed by atoms with Gasteiger partial charge in [-0.25, -0.2) is 0 Å². The molecule has 1 rings (SSSR count). The molecule has 0 unspecified atom stereocenters. The topological polar surface area (TPSA) is 34.0 Å². The van der Waals surface area contributed by atoms with Crippen LogP contribution in [0, 0.1) is 0 Å². The summed E-state index contributed by atoms with van der Waals surface area (Å²) >= 11 is 5.61. The number of hydrogen-bond acceptors (Lipinski definition) is 3. The standard InChI is InChI=1S/C10H19ClN4/c1-14(7-5-3-4-6-11)8-10-9-15(2)13-12-10/h9H,3-8H2,1-2H3. The highest BCUT2D eigenvalue weighted by Gasteiger charge is 2.03. The summed E-state index contributed by atoms with van der Waals surface area (Å²) in [5, 5.41) is 7.95. The van der Waals surface area contributed by atoms with Crippen LogP contribution in [-0.4, -0.2) is 39.4 Å². The summed E-state index contributed by atoms with van der Waals surface area (Å²) in [5.41, 5.74) is 1.03. The van der Waals surface area contributed by atoms with Crippen LogP contribution in [0.2, 0.25) is 0 Å². The molecule has 86 valence electrons. The van der Waals surface area contributed by atoms with E-state index in [1.165, 1.54) is 12.8 Å². The van der Waals surface area contributed by atoms with Crippen molar-refractivity contribution in [1.29, 1.82) is 0 Å². The molecule has 0 aliphatic carbocycles. The maximum atomic E-state index is 5.61. The number of nitrogens with zero attached hydrogens (tertiary/aromatic N) is 4. The Morgan fingerprint density at radius 2 is 2.20 bits per heavy atom. The van der Waals surface area contributed by atoms with Crippen molar-refractivity contribution in [2.24, 2.45) is 7.05 Å². The van der Waals surface area contributed by atoms with E-state index in [1.54, 1.807) is 4.68 Å². The molecule has 1 aromatic heterocycles. The zero-order valence-corrected chi connectivity index (χ0v) is 10.2. The van der Waals surface area contributed by atoms with Gasteiger partial charge in [0, 0.05) is 25.7 Å². The second-order valence-electron chi connectivity index (χ2n) is 3.87. The van der Waals surface area contributed by atoms with E-state index >= 15 is 0 Å². The normalized spacial score (nSPS) is 11.2. The Kier molecular flexibility index (Phi) is 5.65. The molecule has 0 fully saturated rings. The molecular weight excluding hydrogens is 212 g/mol. The Balaban J connectivity index is 2.15. The fourth-order valence-corrected chi connectivity index (χ4v) is 1.67. The zero-order valence-electron chi connectivity index (χ0n) is 9.49. The van der Waals surface area contributed by atoms with Crippen LogP contribution in [0.25, 0.3) is 0 Å². The number of alkyl halides is 1. The van der Waals surface area contributed by atoms with Gasteiger partial charge in [-0.05, 0) is 26.4 Å². The molecule has 1 aromatic rings. The third-order valence-electron chi connectivity index (χ3n) is 2.26. The first-order valence-electron chi connectivity index (χ1n) is 5.32. The number of hydrogen-bond donors (Lipinski definition) is 0. The van der Waals surface area contributed by atoms with E-state index in [-0.39, 0.29) is 0 Å². The highest BCUT2D eigenvalue weighted by atomic mass is 35.5. The summed E-state index contributed by atoms with van der Waals surface area (Å²) in [6.45, 7) is 1.96. The van der Waals surface area contributed by atoms with E-state index in [9.17, 15) is 0 Å². The highest BCUT2D eigenvalue weighted by Crippen LogP contribution is 2.02. The van der Waals surface area contributed by atoms with Crippen molar-refractivity contribution in [3.63, 3.8) is 0 Å². The lowest BCUT2D eigenvalue weighted by atomic mass is 10.2. The van der Waals surface area contributed by atoms with E-state index in [0.29, 0.717) is 0 Å². The SMILES string of the molecule is CN(CCCCCCl)Cc1cn(C)nn1. The molecule has 0 bridgehead atoms. The molecular formula is C10H19ClN4. The van der Waals surface area contributed by atoms with Crippen molar-refractivity contribution in [2.45, 2.75) is 25.8 Å². The molecule has 4 nitrogen and oxygen atoms in total. The van der Waals surface area contributed by atoms with Gasteiger partial charge >= 0.3 is 0 Å². The second-order valence-corrected chi connectivity index (χ2v) is 4.25. The molecule has 1 heterocycles. The largest absolute Gasteiger partial charge is 0.300 e. The fourth-order valence-electron chi connectivity index (χ4n) is 1.48. The van der Waals surface area contributed by atoms with E-state index in [0.717, 1.165) is 31.1 Å². The first-order valence-corrected chi connectivity index (χ1v) is 5.85. The van der Waals surface area contributed by atoms with Gasteiger partial charge in [0.15, 0.2) is 0 Å². The van der Waals surface area contributed by atoms with Crippen molar-refractivity contribution in [3.05, 3.63) is 11.9 Å². The molecule has 0 aliphatic rings. The minimum Gasteiger partial charge on any atom is -0.300 e. The van der Waals surface area contributed by atoms with Gasteiger partial charge in [-0.2, -0.15) is 0 Å². The summed E-state index contributed by atoms with van der Waals surface area (Å²) in [5.74, 6) is 0.772. The Bertz CT molecular complexity index is 274. The fraction of sp³-hybridized carbons (Fsp3) is 0.800. The lowest BCUT2D eigenvalue weighted by Gasteiger charge is -2.14. The number of rotatable bonds is 7. The maximum absolute atomic E-state index is 5.61. The summed E-state index contributed by atoms with van der Waals surface area (Å²) in [6, 6.07) is 0. The van der Waals surface area contributed by atoms with E-state index in [1.807, 2.05) is 13.2 Å². The van der Waals surface area contributed by atoms with Crippen molar-refractivity contribution < 1.29 is 0 Å². The molecule has 0 N–H and O–H groups in total. The molecule has 0 radical (unpaired) electrons. The van der Waals surface area contributed by atoms with Crippen LogP contribution >= 0.6 is 11.6 Å². The van der Waals surface area contributed by atoms with Gasteiger partial charge in [0.25, 0.3) is 0 Å². The number of halogens is 1. The predicted octanol–water partition coefficient (Wildman–Crippen LogP) is 1.66. The Morgan fingerprint density at radius 3 is 2.80 bits per heavy atom. The quantitative estimate of drug-likeness (QED) is 0.528. The van der Waals surface area contributed by atoms with Gasteiger partial charge in [0.1, 0.15) is 0 Å². The average Bonchev–Trinajstić information content (AvgIpc) is 2.59. The van der Waals surface area contributed by atoms with Gasteiger partial charge < -0.3 is 4.90 Å². The Morgan fingerprint density at radius 1 is 1.40 bits per heavy atom. The molecule has 0 spiro atoms. The molecule has 0 saturated heterocycles. The number of aryl methyl sites for hydroxylation is 1. The second kappa shape index (κ2) is 6.80. The van der Waals surface area contributed by atoms with Crippen LogP contribution in [0.5, 0.6) is 0 Å². The first-order chi connectivity index (χ1) is 7.22. The molecule has 0 saturated carbocycles. The predicted molar refractivity (Wildman–Crippen MR) is 61.9 cm³/mol. The van der Waals surface area contributed by atoms with E-state index in [4.69, 9.17) is 11.6 Å². The van der Waals surface area contributed by atoms with Crippen molar-refractivity contribution in [2.75, 3.05) is 19.5 Å². The smallest absolute Gasteiger partial charge is 0.0966 e. The first kappa shape index (κ1) is 12.5. The zero-order chi connectivity index (χ0) is 11.1. The Hall–Kier alpha value is -0.610. The van der Waals surface area contributed by atoms with Crippen LogP contribution in [0.1, 0.15) is 25.0 Å². The van der Waals surface area contributed by atoms with Crippen molar-refractivity contribution in [1.82, 2.24) is 19.9 Å². The monoisotopic (exact) mass is 230 g/mol. The molecule has 0 atom stereocenters. The molecule has 5 heteroatoms. The third-order valence-corrected chi connectivity index (χ3v) is 2.52. The molecule has 0 aliphatic heterocycles. The van der Waals surface area contributed by atoms with Crippen LogP contribution < -0.4 is 0 Å². The Labute approximate surface area is 96.2 Å².